The lowest BCUT2D eigenvalue weighted by molar-refractivity contribution is -0.139. The summed E-state index contributed by atoms with van der Waals surface area (Å²) in [5.74, 6) is -1.13. The number of amides is 2. The topological polar surface area (TPSA) is 86.8 Å². The Hall–Kier alpha value is -3.09. The van der Waals surface area contributed by atoms with Crippen molar-refractivity contribution in [2.75, 3.05) is 17.4 Å². The van der Waals surface area contributed by atoms with Gasteiger partial charge in [-0.3, -0.25) is 13.9 Å². The van der Waals surface area contributed by atoms with Crippen molar-refractivity contribution in [2.24, 2.45) is 5.92 Å². The fraction of sp³-hybridized carbons (Fsp3) is 0.333. The summed E-state index contributed by atoms with van der Waals surface area (Å²) in [6, 6.07) is 14.3. The van der Waals surface area contributed by atoms with Gasteiger partial charge in [-0.15, -0.1) is 0 Å². The molecule has 0 spiro atoms. The first-order chi connectivity index (χ1) is 20.0. The smallest absolute Gasteiger partial charge is 0.354 e. The van der Waals surface area contributed by atoms with Crippen LogP contribution in [0.4, 0.5) is 18.9 Å². The van der Waals surface area contributed by atoms with Crippen LogP contribution in [0.3, 0.4) is 0 Å². The minimum atomic E-state index is -4.88. The molecule has 0 radical (unpaired) electrons. The van der Waals surface area contributed by atoms with Gasteiger partial charge < -0.3 is 10.2 Å². The van der Waals surface area contributed by atoms with Gasteiger partial charge in [0.2, 0.25) is 11.8 Å². The van der Waals surface area contributed by atoms with E-state index in [0.29, 0.717) is 22.5 Å². The summed E-state index contributed by atoms with van der Waals surface area (Å²) in [6.07, 6.45) is -4.88. The molecule has 0 aliphatic heterocycles. The van der Waals surface area contributed by atoms with Gasteiger partial charge in [-0.1, -0.05) is 71.2 Å². The summed E-state index contributed by atoms with van der Waals surface area (Å²) >= 11 is 9.19. The number of hydrogen-bond acceptors (Lipinski definition) is 4. The van der Waals surface area contributed by atoms with Gasteiger partial charge in [0.15, 0.2) is 0 Å². The minimum Gasteiger partial charge on any atom is -0.354 e. The lowest BCUT2D eigenvalue weighted by atomic mass is 10.1. The zero-order valence-electron chi connectivity index (χ0n) is 24.0. The molecule has 3 rings (SSSR count). The maximum Gasteiger partial charge on any atom is 0.417 e. The number of alkyl halides is 3. The highest BCUT2D eigenvalue weighted by atomic mass is 79.9. The maximum atomic E-state index is 14.0. The lowest BCUT2D eigenvalue weighted by Gasteiger charge is -2.32. The van der Waals surface area contributed by atoms with E-state index in [9.17, 15) is 31.2 Å². The molecule has 0 bridgehead atoms. The van der Waals surface area contributed by atoms with Crippen molar-refractivity contribution in [1.82, 2.24) is 10.2 Å². The van der Waals surface area contributed by atoms with Gasteiger partial charge in [0.1, 0.15) is 12.6 Å². The highest BCUT2D eigenvalue weighted by Crippen LogP contribution is 2.38. The van der Waals surface area contributed by atoms with E-state index >= 15 is 0 Å². The third-order valence-electron chi connectivity index (χ3n) is 6.52. The minimum absolute atomic E-state index is 0.0681. The maximum absolute atomic E-state index is 14.0. The largest absolute Gasteiger partial charge is 0.417 e. The van der Waals surface area contributed by atoms with Crippen LogP contribution < -0.4 is 9.62 Å². The van der Waals surface area contributed by atoms with Gasteiger partial charge in [-0.2, -0.15) is 13.2 Å². The van der Waals surface area contributed by atoms with Crippen molar-refractivity contribution >= 4 is 55.1 Å². The summed E-state index contributed by atoms with van der Waals surface area (Å²) in [4.78, 5) is 28.0. The molecule has 13 heteroatoms. The molecule has 0 aliphatic carbocycles. The number of nitrogens with one attached hydrogen (secondary N) is 1. The lowest BCUT2D eigenvalue weighted by Crippen LogP contribution is -2.51. The average Bonchev–Trinajstić information content (AvgIpc) is 2.92. The Labute approximate surface area is 263 Å². The molecule has 3 aromatic carbocycles. The van der Waals surface area contributed by atoms with Crippen molar-refractivity contribution in [3.8, 4) is 0 Å². The van der Waals surface area contributed by atoms with Crippen molar-refractivity contribution in [3.05, 3.63) is 92.9 Å². The molecule has 1 N–H and O–H groups in total. The number of nitrogens with zero attached hydrogens (tertiary/aromatic N) is 2. The van der Waals surface area contributed by atoms with Crippen LogP contribution in [0.1, 0.15) is 37.5 Å². The van der Waals surface area contributed by atoms with Crippen LogP contribution in [-0.2, 0) is 32.3 Å². The van der Waals surface area contributed by atoms with E-state index in [1.165, 1.54) is 36.1 Å². The van der Waals surface area contributed by atoms with Gasteiger partial charge in [0.05, 0.1) is 21.2 Å². The number of benzene rings is 3. The first-order valence-electron chi connectivity index (χ1n) is 13.3. The Morgan fingerprint density at radius 1 is 1.00 bits per heavy atom. The van der Waals surface area contributed by atoms with Crippen molar-refractivity contribution in [2.45, 2.75) is 51.4 Å². The van der Waals surface area contributed by atoms with Crippen molar-refractivity contribution in [3.63, 3.8) is 0 Å². The molecule has 0 aromatic heterocycles. The molecule has 0 saturated heterocycles. The number of carbonyl (C=O) groups is 2. The van der Waals surface area contributed by atoms with Crippen LogP contribution in [0.25, 0.3) is 0 Å². The Morgan fingerprint density at radius 3 is 2.23 bits per heavy atom. The van der Waals surface area contributed by atoms with Gasteiger partial charge in [0, 0.05) is 17.6 Å². The number of sulfonamides is 1. The second-order valence-corrected chi connectivity index (χ2v) is 13.6. The highest BCUT2D eigenvalue weighted by molar-refractivity contribution is 9.10. The predicted octanol–water partition coefficient (Wildman–Crippen LogP) is 6.81. The molecular formula is C30H32BrClF3N3O4S. The van der Waals surface area contributed by atoms with E-state index in [1.54, 1.807) is 31.2 Å². The fourth-order valence-corrected chi connectivity index (χ4v) is 6.20. The molecule has 43 heavy (non-hydrogen) atoms. The average molecular weight is 703 g/mol. The number of halogens is 5. The molecule has 2 amide bonds. The highest BCUT2D eigenvalue weighted by Gasteiger charge is 2.37. The number of rotatable bonds is 11. The number of anilines is 1. The predicted molar refractivity (Wildman–Crippen MR) is 164 cm³/mol. The molecule has 0 heterocycles. The van der Waals surface area contributed by atoms with E-state index in [4.69, 9.17) is 11.6 Å². The van der Waals surface area contributed by atoms with Gasteiger partial charge >= 0.3 is 6.18 Å². The van der Waals surface area contributed by atoms with Crippen LogP contribution in [0.5, 0.6) is 0 Å². The summed E-state index contributed by atoms with van der Waals surface area (Å²) in [5, 5.41) is 2.15. The Morgan fingerprint density at radius 2 is 1.65 bits per heavy atom. The van der Waals surface area contributed by atoms with Crippen LogP contribution in [0, 0.1) is 12.8 Å². The number of hydrogen-bond donors (Lipinski definition) is 1. The molecule has 3 aromatic rings. The zero-order chi connectivity index (χ0) is 32.1. The van der Waals surface area contributed by atoms with Crippen LogP contribution in [0.15, 0.2) is 76.1 Å². The molecule has 0 aliphatic rings. The van der Waals surface area contributed by atoms with E-state index in [0.717, 1.165) is 22.2 Å². The van der Waals surface area contributed by atoms with Crippen molar-refractivity contribution in [1.29, 1.82) is 0 Å². The first kappa shape index (κ1) is 34.4. The molecule has 0 fully saturated rings. The standard InChI is InChI=1S/C30H32BrClF3N3O4S/c1-19(2)16-36-29(40)21(4)37(17-22-6-5-7-23(31)14-22)28(39)18-38(43(41,42)25-11-8-20(3)9-12-25)24-10-13-27(32)26(15-24)30(33,34)35/h5-15,19,21H,16-18H2,1-4H3,(H,36,40)/t21-/m0/s1. The monoisotopic (exact) mass is 701 g/mol. The summed E-state index contributed by atoms with van der Waals surface area (Å²) < 4.78 is 70.4. The quantitative estimate of drug-likeness (QED) is 0.238. The molecule has 0 unspecified atom stereocenters. The zero-order valence-corrected chi connectivity index (χ0v) is 27.1. The van der Waals surface area contributed by atoms with E-state index in [-0.39, 0.29) is 17.4 Å². The Kier molecular flexibility index (Phi) is 11.3. The van der Waals surface area contributed by atoms with Gasteiger partial charge in [-0.25, -0.2) is 8.42 Å². The molecule has 232 valence electrons. The molecule has 1 atom stereocenters. The van der Waals surface area contributed by atoms with E-state index in [2.05, 4.69) is 21.2 Å². The Balaban J connectivity index is 2.11. The molecular weight excluding hydrogens is 671 g/mol. The van der Waals surface area contributed by atoms with Crippen LogP contribution in [0.2, 0.25) is 5.02 Å². The van der Waals surface area contributed by atoms with E-state index < -0.39 is 56.9 Å². The number of carbonyl (C=O) groups excluding carboxylic acids is 2. The normalized spacial score (nSPS) is 12.6. The fourth-order valence-electron chi connectivity index (χ4n) is 4.12. The summed E-state index contributed by atoms with van der Waals surface area (Å²) in [6.45, 7) is 6.47. The third-order valence-corrected chi connectivity index (χ3v) is 9.14. The van der Waals surface area contributed by atoms with Gasteiger partial charge in [-0.05, 0) is 67.8 Å². The van der Waals surface area contributed by atoms with E-state index in [1.807, 2.05) is 13.8 Å². The Bertz CT molecular complexity index is 1570. The first-order valence-corrected chi connectivity index (χ1v) is 15.9. The second-order valence-electron chi connectivity index (χ2n) is 10.5. The van der Waals surface area contributed by atoms with Crippen molar-refractivity contribution < 1.29 is 31.2 Å². The summed E-state index contributed by atoms with van der Waals surface area (Å²) in [7, 11) is -4.55. The van der Waals surface area contributed by atoms with Gasteiger partial charge in [0.25, 0.3) is 10.0 Å². The molecule has 7 nitrogen and oxygen atoms in total. The molecule has 0 saturated carbocycles. The number of aryl methyl sites for hydroxylation is 1. The SMILES string of the molecule is Cc1ccc(S(=O)(=O)N(CC(=O)N(Cc2cccc(Br)c2)[C@@H](C)C(=O)NCC(C)C)c2ccc(Cl)c(C(F)(F)F)c2)cc1. The summed E-state index contributed by atoms with van der Waals surface area (Å²) in [5.41, 5.74) is -0.264. The van der Waals surface area contributed by atoms with Crippen LogP contribution >= 0.6 is 27.5 Å². The third kappa shape index (κ3) is 8.96. The second kappa shape index (κ2) is 14.1. The van der Waals surface area contributed by atoms with Crippen LogP contribution in [-0.4, -0.2) is 44.3 Å².